The standard InChI is InChI=1S/C16H22N2O4/c1-20-7-4-13-11-21-8-5-18(13)16(19)14-9-12-3-2-6-22-15(12)10-17-14/h9-10,13H,2-8,11H2,1H3. The molecule has 2 aliphatic rings. The molecule has 1 amide bonds. The summed E-state index contributed by atoms with van der Waals surface area (Å²) >= 11 is 0. The summed E-state index contributed by atoms with van der Waals surface area (Å²) in [6.45, 7) is 3.07. The minimum Gasteiger partial charge on any atom is -0.492 e. The van der Waals surface area contributed by atoms with Gasteiger partial charge in [0.15, 0.2) is 0 Å². The number of amides is 1. The van der Waals surface area contributed by atoms with Gasteiger partial charge in [-0.3, -0.25) is 4.79 Å². The predicted molar refractivity (Wildman–Crippen MR) is 80.2 cm³/mol. The van der Waals surface area contributed by atoms with Gasteiger partial charge >= 0.3 is 0 Å². The Labute approximate surface area is 130 Å². The summed E-state index contributed by atoms with van der Waals surface area (Å²) in [6, 6.07) is 1.93. The zero-order chi connectivity index (χ0) is 15.4. The Bertz CT molecular complexity index is 535. The van der Waals surface area contributed by atoms with Gasteiger partial charge in [0.05, 0.1) is 32.1 Å². The van der Waals surface area contributed by atoms with Gasteiger partial charge in [0.2, 0.25) is 0 Å². The van der Waals surface area contributed by atoms with Gasteiger partial charge in [0, 0.05) is 20.3 Å². The van der Waals surface area contributed by atoms with Gasteiger partial charge in [0.1, 0.15) is 11.4 Å². The number of methoxy groups -OCH3 is 1. The number of aromatic nitrogens is 1. The number of carbonyl (C=O) groups excluding carboxylic acids is 1. The average Bonchev–Trinajstić information content (AvgIpc) is 2.59. The SMILES string of the molecule is COCCC1COCCN1C(=O)c1cc2c(cn1)OCCC2. The van der Waals surface area contributed by atoms with Gasteiger partial charge in [-0.2, -0.15) is 0 Å². The van der Waals surface area contributed by atoms with E-state index < -0.39 is 0 Å². The van der Waals surface area contributed by atoms with Crippen LogP contribution < -0.4 is 4.74 Å². The Kier molecular flexibility index (Phi) is 4.90. The molecular weight excluding hydrogens is 284 g/mol. The van der Waals surface area contributed by atoms with Crippen molar-refractivity contribution >= 4 is 5.91 Å². The van der Waals surface area contributed by atoms with E-state index in [-0.39, 0.29) is 11.9 Å². The third-order valence-corrected chi connectivity index (χ3v) is 4.16. The fourth-order valence-corrected chi connectivity index (χ4v) is 2.93. The van der Waals surface area contributed by atoms with Crippen molar-refractivity contribution in [3.8, 4) is 5.75 Å². The van der Waals surface area contributed by atoms with E-state index in [1.807, 2.05) is 11.0 Å². The molecule has 0 bridgehead atoms. The molecular formula is C16H22N2O4. The van der Waals surface area contributed by atoms with Crippen molar-refractivity contribution in [2.45, 2.75) is 25.3 Å². The number of aryl methyl sites for hydroxylation is 1. The normalized spacial score (nSPS) is 21.1. The number of carbonyl (C=O) groups is 1. The number of nitrogens with zero attached hydrogens (tertiary/aromatic N) is 2. The average molecular weight is 306 g/mol. The van der Waals surface area contributed by atoms with E-state index in [1.165, 1.54) is 0 Å². The summed E-state index contributed by atoms with van der Waals surface area (Å²) in [4.78, 5) is 18.9. The molecule has 3 heterocycles. The molecule has 2 aliphatic heterocycles. The summed E-state index contributed by atoms with van der Waals surface area (Å²) in [5, 5.41) is 0. The molecule has 6 heteroatoms. The first-order valence-electron chi connectivity index (χ1n) is 7.79. The summed E-state index contributed by atoms with van der Waals surface area (Å²) < 4.78 is 16.2. The van der Waals surface area contributed by atoms with Crippen LogP contribution in [0, 0.1) is 0 Å². The van der Waals surface area contributed by atoms with Crippen LogP contribution in [-0.2, 0) is 15.9 Å². The largest absolute Gasteiger partial charge is 0.492 e. The number of rotatable bonds is 4. The lowest BCUT2D eigenvalue weighted by molar-refractivity contribution is -0.0107. The highest BCUT2D eigenvalue weighted by Gasteiger charge is 2.29. The van der Waals surface area contributed by atoms with Crippen molar-refractivity contribution in [2.75, 3.05) is 40.1 Å². The van der Waals surface area contributed by atoms with Crippen LogP contribution >= 0.6 is 0 Å². The smallest absolute Gasteiger partial charge is 0.272 e. The van der Waals surface area contributed by atoms with Gasteiger partial charge in [0.25, 0.3) is 5.91 Å². The summed E-state index contributed by atoms with van der Waals surface area (Å²) in [5.41, 5.74) is 1.57. The first-order chi connectivity index (χ1) is 10.8. The Balaban J connectivity index is 1.76. The van der Waals surface area contributed by atoms with Gasteiger partial charge in [-0.1, -0.05) is 0 Å². The lowest BCUT2D eigenvalue weighted by Crippen LogP contribution is -2.49. The van der Waals surface area contributed by atoms with Crippen LogP contribution in [0.4, 0.5) is 0 Å². The molecule has 6 nitrogen and oxygen atoms in total. The van der Waals surface area contributed by atoms with Crippen LogP contribution in [0.1, 0.15) is 28.9 Å². The first-order valence-corrected chi connectivity index (χ1v) is 7.79. The monoisotopic (exact) mass is 306 g/mol. The van der Waals surface area contributed by atoms with E-state index in [0.717, 1.165) is 37.2 Å². The van der Waals surface area contributed by atoms with Crippen molar-refractivity contribution in [1.82, 2.24) is 9.88 Å². The van der Waals surface area contributed by atoms with Gasteiger partial charge < -0.3 is 19.1 Å². The van der Waals surface area contributed by atoms with E-state index in [0.29, 0.717) is 32.1 Å². The molecule has 1 unspecified atom stereocenters. The Morgan fingerprint density at radius 3 is 3.27 bits per heavy atom. The summed E-state index contributed by atoms with van der Waals surface area (Å²) in [6.07, 6.45) is 4.37. The predicted octanol–water partition coefficient (Wildman–Crippen LogP) is 1.28. The van der Waals surface area contributed by atoms with Crippen LogP contribution in [-0.4, -0.2) is 61.9 Å². The topological polar surface area (TPSA) is 60.9 Å². The van der Waals surface area contributed by atoms with E-state index >= 15 is 0 Å². The molecule has 0 spiro atoms. The minimum absolute atomic E-state index is 0.0298. The highest BCUT2D eigenvalue weighted by atomic mass is 16.5. The second kappa shape index (κ2) is 7.07. The second-order valence-corrected chi connectivity index (χ2v) is 5.64. The van der Waals surface area contributed by atoms with Crippen molar-refractivity contribution in [2.24, 2.45) is 0 Å². The Hall–Kier alpha value is -1.66. The Morgan fingerprint density at radius 1 is 1.50 bits per heavy atom. The molecule has 22 heavy (non-hydrogen) atoms. The van der Waals surface area contributed by atoms with Gasteiger partial charge in [-0.05, 0) is 30.9 Å². The van der Waals surface area contributed by atoms with Gasteiger partial charge in [-0.15, -0.1) is 0 Å². The van der Waals surface area contributed by atoms with Crippen LogP contribution in [0.3, 0.4) is 0 Å². The molecule has 0 aliphatic carbocycles. The molecule has 0 aromatic carbocycles. The molecule has 1 aromatic rings. The number of hydrogen-bond acceptors (Lipinski definition) is 5. The number of pyridine rings is 1. The minimum atomic E-state index is -0.0298. The fraction of sp³-hybridized carbons (Fsp3) is 0.625. The maximum absolute atomic E-state index is 12.8. The highest BCUT2D eigenvalue weighted by Crippen LogP contribution is 2.25. The maximum Gasteiger partial charge on any atom is 0.272 e. The van der Waals surface area contributed by atoms with E-state index in [1.54, 1.807) is 13.3 Å². The molecule has 1 atom stereocenters. The van der Waals surface area contributed by atoms with Crippen molar-refractivity contribution in [3.63, 3.8) is 0 Å². The van der Waals surface area contributed by atoms with Gasteiger partial charge in [-0.25, -0.2) is 4.98 Å². The lowest BCUT2D eigenvalue weighted by Gasteiger charge is -2.35. The van der Waals surface area contributed by atoms with Crippen molar-refractivity contribution < 1.29 is 19.0 Å². The fourth-order valence-electron chi connectivity index (χ4n) is 2.93. The molecule has 0 saturated carbocycles. The highest BCUT2D eigenvalue weighted by molar-refractivity contribution is 5.93. The number of fused-ring (bicyclic) bond motifs is 1. The summed E-state index contributed by atoms with van der Waals surface area (Å²) in [5.74, 6) is 0.776. The quantitative estimate of drug-likeness (QED) is 0.839. The Morgan fingerprint density at radius 2 is 2.41 bits per heavy atom. The van der Waals surface area contributed by atoms with E-state index in [2.05, 4.69) is 4.98 Å². The number of ether oxygens (including phenoxy) is 3. The third-order valence-electron chi connectivity index (χ3n) is 4.16. The number of hydrogen-bond donors (Lipinski definition) is 0. The second-order valence-electron chi connectivity index (χ2n) is 5.64. The lowest BCUT2D eigenvalue weighted by atomic mass is 10.1. The van der Waals surface area contributed by atoms with Crippen LogP contribution in [0.15, 0.2) is 12.3 Å². The van der Waals surface area contributed by atoms with Crippen molar-refractivity contribution in [3.05, 3.63) is 23.5 Å². The molecule has 0 N–H and O–H groups in total. The molecule has 1 aromatic heterocycles. The van der Waals surface area contributed by atoms with Crippen LogP contribution in [0.25, 0.3) is 0 Å². The van der Waals surface area contributed by atoms with Crippen LogP contribution in [0.5, 0.6) is 5.75 Å². The van der Waals surface area contributed by atoms with Crippen molar-refractivity contribution in [1.29, 1.82) is 0 Å². The van der Waals surface area contributed by atoms with E-state index in [9.17, 15) is 4.79 Å². The third kappa shape index (κ3) is 3.23. The molecule has 120 valence electrons. The molecule has 3 rings (SSSR count). The summed E-state index contributed by atoms with van der Waals surface area (Å²) in [7, 11) is 1.67. The molecule has 1 fully saturated rings. The van der Waals surface area contributed by atoms with E-state index in [4.69, 9.17) is 14.2 Å². The zero-order valence-corrected chi connectivity index (χ0v) is 12.9. The maximum atomic E-state index is 12.8. The first kappa shape index (κ1) is 15.2. The molecule has 1 saturated heterocycles. The molecule has 0 radical (unpaired) electrons. The van der Waals surface area contributed by atoms with Crippen LogP contribution in [0.2, 0.25) is 0 Å². The number of morpholine rings is 1. The zero-order valence-electron chi connectivity index (χ0n) is 12.9.